The van der Waals surface area contributed by atoms with Crippen molar-refractivity contribution in [2.45, 2.75) is 25.8 Å². The number of phenols is 1. The maximum atomic E-state index is 13.4. The van der Waals surface area contributed by atoms with Crippen molar-refractivity contribution < 1.29 is 9.50 Å². The van der Waals surface area contributed by atoms with Crippen molar-refractivity contribution in [2.75, 3.05) is 20.6 Å². The van der Waals surface area contributed by atoms with Crippen molar-refractivity contribution in [1.82, 2.24) is 4.90 Å². The number of rotatable bonds is 6. The van der Waals surface area contributed by atoms with Crippen molar-refractivity contribution in [3.63, 3.8) is 0 Å². The van der Waals surface area contributed by atoms with Gasteiger partial charge in [-0.2, -0.15) is 0 Å². The Labute approximate surface area is 102 Å². The molecule has 3 N–H and O–H groups in total. The normalized spacial score (nSPS) is 11.1. The van der Waals surface area contributed by atoms with Gasteiger partial charge in [0.25, 0.3) is 0 Å². The van der Waals surface area contributed by atoms with Crippen molar-refractivity contribution in [2.24, 2.45) is 5.73 Å². The Balaban J connectivity index is 2.85. The summed E-state index contributed by atoms with van der Waals surface area (Å²) in [6.45, 7) is 1.16. The molecule has 0 bridgehead atoms. The number of hydrogen-bond donors (Lipinski definition) is 2. The van der Waals surface area contributed by atoms with E-state index in [0.717, 1.165) is 12.8 Å². The van der Waals surface area contributed by atoms with Gasteiger partial charge in [0.05, 0.1) is 0 Å². The lowest BCUT2D eigenvalue weighted by Crippen LogP contribution is -2.11. The van der Waals surface area contributed by atoms with E-state index in [-0.39, 0.29) is 11.6 Å². The molecule has 0 aliphatic carbocycles. The van der Waals surface area contributed by atoms with Crippen molar-refractivity contribution >= 4 is 0 Å². The van der Waals surface area contributed by atoms with Gasteiger partial charge in [-0.1, -0.05) is 0 Å². The lowest BCUT2D eigenvalue weighted by atomic mass is 10.0. The molecule has 3 nitrogen and oxygen atoms in total. The molecular formula is C13H21FN2O. The first-order chi connectivity index (χ1) is 8.04. The number of nitrogens with zero attached hydrogens (tertiary/aromatic N) is 1. The topological polar surface area (TPSA) is 49.5 Å². The first kappa shape index (κ1) is 13.9. The minimum atomic E-state index is -0.289. The highest BCUT2D eigenvalue weighted by Gasteiger charge is 2.10. The van der Waals surface area contributed by atoms with E-state index in [1.807, 2.05) is 19.0 Å². The van der Waals surface area contributed by atoms with Crippen LogP contribution >= 0.6 is 0 Å². The zero-order valence-corrected chi connectivity index (χ0v) is 10.5. The maximum Gasteiger partial charge on any atom is 0.124 e. The zero-order valence-electron chi connectivity index (χ0n) is 10.5. The van der Waals surface area contributed by atoms with Gasteiger partial charge in [-0.05, 0) is 57.6 Å². The van der Waals surface area contributed by atoms with Gasteiger partial charge in [-0.15, -0.1) is 0 Å². The standard InChI is InChI=1S/C13H21FN2O/c1-16(2)9-11-8-12(14)7-10(13(11)17)5-3-4-6-15/h7-8,17H,3-6,9,15H2,1-2H3. The van der Waals surface area contributed by atoms with E-state index in [4.69, 9.17) is 5.73 Å². The number of hydrogen-bond acceptors (Lipinski definition) is 3. The summed E-state index contributed by atoms with van der Waals surface area (Å²) in [4.78, 5) is 1.90. The van der Waals surface area contributed by atoms with Crippen molar-refractivity contribution in [1.29, 1.82) is 0 Å². The first-order valence-corrected chi connectivity index (χ1v) is 5.89. The van der Waals surface area contributed by atoms with Crippen LogP contribution in [-0.2, 0) is 13.0 Å². The van der Waals surface area contributed by atoms with Crippen LogP contribution in [0.25, 0.3) is 0 Å². The molecule has 0 aliphatic heterocycles. The average molecular weight is 240 g/mol. The third-order valence-electron chi connectivity index (χ3n) is 2.62. The van der Waals surface area contributed by atoms with Crippen LogP contribution in [0.15, 0.2) is 12.1 Å². The molecule has 1 aromatic carbocycles. The summed E-state index contributed by atoms with van der Waals surface area (Å²) in [5, 5.41) is 10.0. The average Bonchev–Trinajstić information content (AvgIpc) is 2.24. The summed E-state index contributed by atoms with van der Waals surface area (Å²) in [5.41, 5.74) is 6.73. The SMILES string of the molecule is CN(C)Cc1cc(F)cc(CCCCN)c1O. The molecule has 0 aliphatic rings. The van der Waals surface area contributed by atoms with E-state index in [0.29, 0.717) is 30.6 Å². The Morgan fingerprint density at radius 3 is 2.47 bits per heavy atom. The Morgan fingerprint density at radius 2 is 1.88 bits per heavy atom. The highest BCUT2D eigenvalue weighted by atomic mass is 19.1. The number of nitrogens with two attached hydrogens (primary N) is 1. The molecule has 1 aromatic rings. The molecule has 96 valence electrons. The number of phenolic OH excluding ortho intramolecular Hbond substituents is 1. The van der Waals surface area contributed by atoms with Crippen LogP contribution in [0.1, 0.15) is 24.0 Å². The number of unbranched alkanes of at least 4 members (excludes halogenated alkanes) is 1. The Kier molecular flexibility index (Phi) is 5.38. The molecule has 0 atom stereocenters. The van der Waals surface area contributed by atoms with E-state index in [9.17, 15) is 9.50 Å². The molecule has 0 heterocycles. The van der Waals surface area contributed by atoms with E-state index >= 15 is 0 Å². The number of aryl methyl sites for hydroxylation is 1. The highest BCUT2D eigenvalue weighted by Crippen LogP contribution is 2.26. The van der Waals surface area contributed by atoms with Crippen LogP contribution in [0.5, 0.6) is 5.75 Å². The minimum absolute atomic E-state index is 0.220. The van der Waals surface area contributed by atoms with Crippen LogP contribution < -0.4 is 5.73 Å². The highest BCUT2D eigenvalue weighted by molar-refractivity contribution is 5.41. The third kappa shape index (κ3) is 4.32. The summed E-state index contributed by atoms with van der Waals surface area (Å²) < 4.78 is 13.4. The van der Waals surface area contributed by atoms with Crippen molar-refractivity contribution in [3.8, 4) is 5.75 Å². The quantitative estimate of drug-likeness (QED) is 0.746. The number of aromatic hydroxyl groups is 1. The lowest BCUT2D eigenvalue weighted by molar-refractivity contribution is 0.382. The predicted molar refractivity (Wildman–Crippen MR) is 67.4 cm³/mol. The van der Waals surface area contributed by atoms with E-state index < -0.39 is 0 Å². The zero-order chi connectivity index (χ0) is 12.8. The molecule has 0 radical (unpaired) electrons. The molecular weight excluding hydrogens is 219 g/mol. The molecule has 0 unspecified atom stereocenters. The second-order valence-electron chi connectivity index (χ2n) is 4.56. The van der Waals surface area contributed by atoms with Gasteiger partial charge in [0.1, 0.15) is 11.6 Å². The fourth-order valence-corrected chi connectivity index (χ4v) is 1.83. The smallest absolute Gasteiger partial charge is 0.124 e. The van der Waals surface area contributed by atoms with Crippen LogP contribution in [0, 0.1) is 5.82 Å². The summed E-state index contributed by atoms with van der Waals surface area (Å²) in [6.07, 6.45) is 2.43. The van der Waals surface area contributed by atoms with E-state index in [1.54, 1.807) is 0 Å². The largest absolute Gasteiger partial charge is 0.507 e. The van der Waals surface area contributed by atoms with Gasteiger partial charge < -0.3 is 15.7 Å². The summed E-state index contributed by atoms with van der Waals surface area (Å²) in [7, 11) is 3.77. The molecule has 0 spiro atoms. The molecule has 0 fully saturated rings. The fraction of sp³-hybridized carbons (Fsp3) is 0.538. The molecule has 17 heavy (non-hydrogen) atoms. The summed E-state index contributed by atoms with van der Waals surface area (Å²) in [5.74, 6) is -0.0699. The Bertz CT molecular complexity index is 367. The van der Waals surface area contributed by atoms with Crippen LogP contribution in [0.3, 0.4) is 0 Å². The molecule has 1 rings (SSSR count). The molecule has 0 saturated heterocycles. The molecule has 0 saturated carbocycles. The van der Waals surface area contributed by atoms with Gasteiger partial charge in [-0.3, -0.25) is 0 Å². The maximum absolute atomic E-state index is 13.4. The third-order valence-corrected chi connectivity index (χ3v) is 2.62. The Morgan fingerprint density at radius 1 is 1.24 bits per heavy atom. The second kappa shape index (κ2) is 6.57. The van der Waals surface area contributed by atoms with Crippen molar-refractivity contribution in [3.05, 3.63) is 29.1 Å². The van der Waals surface area contributed by atoms with Gasteiger partial charge in [-0.25, -0.2) is 4.39 Å². The number of halogens is 1. The van der Waals surface area contributed by atoms with Gasteiger partial charge in [0, 0.05) is 12.1 Å². The van der Waals surface area contributed by atoms with Gasteiger partial charge >= 0.3 is 0 Å². The second-order valence-corrected chi connectivity index (χ2v) is 4.56. The first-order valence-electron chi connectivity index (χ1n) is 5.89. The molecule has 4 heteroatoms. The van der Waals surface area contributed by atoms with Crippen LogP contribution in [0.2, 0.25) is 0 Å². The summed E-state index contributed by atoms with van der Waals surface area (Å²) in [6, 6.07) is 2.80. The van der Waals surface area contributed by atoms with Gasteiger partial charge in [0.15, 0.2) is 0 Å². The molecule has 0 amide bonds. The van der Waals surface area contributed by atoms with E-state index in [1.165, 1.54) is 12.1 Å². The fourth-order valence-electron chi connectivity index (χ4n) is 1.83. The minimum Gasteiger partial charge on any atom is -0.507 e. The predicted octanol–water partition coefficient (Wildman–Crippen LogP) is 1.87. The number of benzene rings is 1. The lowest BCUT2D eigenvalue weighted by Gasteiger charge is -2.14. The summed E-state index contributed by atoms with van der Waals surface area (Å²) >= 11 is 0. The van der Waals surface area contributed by atoms with Gasteiger partial charge in [0.2, 0.25) is 0 Å². The monoisotopic (exact) mass is 240 g/mol. The van der Waals surface area contributed by atoms with Crippen LogP contribution in [0.4, 0.5) is 4.39 Å². The van der Waals surface area contributed by atoms with E-state index in [2.05, 4.69) is 0 Å². The Hall–Kier alpha value is -1.13. The van der Waals surface area contributed by atoms with Crippen LogP contribution in [-0.4, -0.2) is 30.6 Å². The molecule has 0 aromatic heterocycles.